The second-order valence-corrected chi connectivity index (χ2v) is 5.73. The lowest BCUT2D eigenvalue weighted by atomic mass is 10.0. The van der Waals surface area contributed by atoms with Crippen LogP contribution in [-0.4, -0.2) is 12.0 Å². The Labute approximate surface area is 153 Å². The van der Waals surface area contributed by atoms with Gasteiger partial charge in [0.2, 0.25) is 5.75 Å². The number of nitrogens with zero attached hydrogens (tertiary/aromatic N) is 1. The summed E-state index contributed by atoms with van der Waals surface area (Å²) in [4.78, 5) is 10.3. The number of rotatable bonds is 6. The third-order valence-corrected chi connectivity index (χ3v) is 3.92. The molecule has 0 aromatic heterocycles. The number of ether oxygens (including phenoxy) is 2. The second-order valence-electron chi connectivity index (χ2n) is 5.73. The molecule has 0 unspecified atom stereocenters. The highest BCUT2D eigenvalue weighted by atomic mass is 19.1. The lowest BCUT2D eigenvalue weighted by molar-refractivity contribution is -0.384. The Morgan fingerprint density at radius 2 is 1.78 bits per heavy atom. The Morgan fingerprint density at radius 1 is 1.04 bits per heavy atom. The van der Waals surface area contributed by atoms with Crippen LogP contribution in [0.2, 0.25) is 0 Å². The maximum Gasteiger partial charge on any atom is 0.273 e. The van der Waals surface area contributed by atoms with Gasteiger partial charge in [-0.15, -0.1) is 0 Å². The van der Waals surface area contributed by atoms with E-state index in [0.29, 0.717) is 5.56 Å². The highest BCUT2D eigenvalue weighted by molar-refractivity contribution is 5.49. The Kier molecular flexibility index (Phi) is 5.30. The van der Waals surface area contributed by atoms with Crippen LogP contribution in [0, 0.1) is 21.7 Å². The van der Waals surface area contributed by atoms with E-state index in [-0.39, 0.29) is 35.2 Å². The molecule has 3 rings (SSSR count). The van der Waals surface area contributed by atoms with E-state index >= 15 is 4.39 Å². The van der Waals surface area contributed by atoms with E-state index in [4.69, 9.17) is 9.47 Å². The van der Waals surface area contributed by atoms with Gasteiger partial charge in [-0.25, -0.2) is 8.78 Å². The predicted octanol–water partition coefficient (Wildman–Crippen LogP) is 5.26. The van der Waals surface area contributed by atoms with E-state index < -0.39 is 10.7 Å². The first-order chi connectivity index (χ1) is 13.0. The van der Waals surface area contributed by atoms with Crippen LogP contribution in [0.15, 0.2) is 60.7 Å². The first-order valence-electron chi connectivity index (χ1n) is 8.00. The molecule has 0 saturated carbocycles. The van der Waals surface area contributed by atoms with Crippen LogP contribution in [-0.2, 0) is 6.42 Å². The van der Waals surface area contributed by atoms with Crippen LogP contribution in [0.1, 0.15) is 11.1 Å². The molecule has 0 radical (unpaired) electrons. The fourth-order valence-corrected chi connectivity index (χ4v) is 2.57. The van der Waals surface area contributed by atoms with E-state index in [2.05, 4.69) is 0 Å². The number of methoxy groups -OCH3 is 1. The molecule has 0 heterocycles. The summed E-state index contributed by atoms with van der Waals surface area (Å²) in [5, 5.41) is 10.9. The summed E-state index contributed by atoms with van der Waals surface area (Å²) >= 11 is 0. The summed E-state index contributed by atoms with van der Waals surface area (Å²) in [5.74, 6) is -0.923. The largest absolute Gasteiger partial charge is 0.493 e. The van der Waals surface area contributed by atoms with Crippen LogP contribution in [0.4, 0.5) is 14.5 Å². The Bertz CT molecular complexity index is 974. The maximum atomic E-state index is 15.0. The van der Waals surface area contributed by atoms with Crippen molar-refractivity contribution >= 4 is 5.69 Å². The van der Waals surface area contributed by atoms with Gasteiger partial charge in [-0.05, 0) is 35.4 Å². The minimum absolute atomic E-state index is 0.111. The van der Waals surface area contributed by atoms with Crippen LogP contribution < -0.4 is 9.47 Å². The summed E-state index contributed by atoms with van der Waals surface area (Å²) < 4.78 is 38.8. The zero-order valence-corrected chi connectivity index (χ0v) is 14.3. The third-order valence-electron chi connectivity index (χ3n) is 3.92. The van der Waals surface area contributed by atoms with Crippen LogP contribution in [0.3, 0.4) is 0 Å². The van der Waals surface area contributed by atoms with E-state index in [0.717, 1.165) is 5.56 Å². The highest BCUT2D eigenvalue weighted by Crippen LogP contribution is 2.37. The van der Waals surface area contributed by atoms with Gasteiger partial charge in [0, 0.05) is 12.5 Å². The van der Waals surface area contributed by atoms with Gasteiger partial charge >= 0.3 is 0 Å². The van der Waals surface area contributed by atoms with Gasteiger partial charge in [0.15, 0.2) is 11.6 Å². The molecule has 0 aliphatic rings. The number of hydrogen-bond acceptors (Lipinski definition) is 4. The van der Waals surface area contributed by atoms with Crippen molar-refractivity contribution < 1.29 is 23.2 Å². The minimum Gasteiger partial charge on any atom is -0.493 e. The zero-order chi connectivity index (χ0) is 19.4. The fraction of sp³-hybridized carbons (Fsp3) is 0.100. The van der Waals surface area contributed by atoms with Gasteiger partial charge in [-0.3, -0.25) is 10.1 Å². The lowest BCUT2D eigenvalue weighted by Gasteiger charge is -2.14. The van der Waals surface area contributed by atoms with Gasteiger partial charge in [0.1, 0.15) is 11.6 Å². The molecule has 7 heteroatoms. The summed E-state index contributed by atoms with van der Waals surface area (Å²) in [6.45, 7) is 0. The standard InChI is InChI=1S/C20H15F2NO4/c1-26-18-10-7-14(11-13-5-8-15(21)9-6-13)19(22)20(18)27-17-4-2-3-16(12-17)23(24)25/h2-10,12H,11H2,1H3. The van der Waals surface area contributed by atoms with Gasteiger partial charge < -0.3 is 9.47 Å². The highest BCUT2D eigenvalue weighted by Gasteiger charge is 2.18. The van der Waals surface area contributed by atoms with Crippen molar-refractivity contribution in [1.82, 2.24) is 0 Å². The van der Waals surface area contributed by atoms with Crippen molar-refractivity contribution in [2.45, 2.75) is 6.42 Å². The Hall–Kier alpha value is -3.48. The fourth-order valence-electron chi connectivity index (χ4n) is 2.57. The monoisotopic (exact) mass is 371 g/mol. The second kappa shape index (κ2) is 7.82. The number of non-ortho nitro benzene ring substituents is 1. The smallest absolute Gasteiger partial charge is 0.273 e. The molecule has 3 aromatic carbocycles. The predicted molar refractivity (Wildman–Crippen MR) is 95.3 cm³/mol. The molecule has 5 nitrogen and oxygen atoms in total. The van der Waals surface area contributed by atoms with Gasteiger partial charge in [0.25, 0.3) is 5.69 Å². The Morgan fingerprint density at radius 3 is 2.44 bits per heavy atom. The summed E-state index contributed by atoms with van der Waals surface area (Å²) in [7, 11) is 1.37. The SMILES string of the molecule is COc1ccc(Cc2ccc(F)cc2)c(F)c1Oc1cccc([N+](=O)[O-])c1. The van der Waals surface area contributed by atoms with E-state index in [1.165, 1.54) is 43.5 Å². The van der Waals surface area contributed by atoms with Crippen molar-refractivity contribution in [3.63, 3.8) is 0 Å². The first kappa shape index (κ1) is 18.3. The van der Waals surface area contributed by atoms with Crippen molar-refractivity contribution in [2.75, 3.05) is 7.11 Å². The Balaban J connectivity index is 1.95. The summed E-state index contributed by atoms with van der Waals surface area (Å²) in [5.41, 5.74) is 0.874. The molecule has 0 spiro atoms. The lowest BCUT2D eigenvalue weighted by Crippen LogP contribution is -2.00. The minimum atomic E-state index is -0.648. The molecule has 27 heavy (non-hydrogen) atoms. The van der Waals surface area contributed by atoms with E-state index in [9.17, 15) is 14.5 Å². The third kappa shape index (κ3) is 4.20. The number of nitro benzene ring substituents is 1. The molecular formula is C20H15F2NO4. The van der Waals surface area contributed by atoms with Crippen molar-refractivity contribution in [2.24, 2.45) is 0 Å². The number of nitro groups is 1. The van der Waals surface area contributed by atoms with Crippen LogP contribution in [0.5, 0.6) is 17.2 Å². The number of benzene rings is 3. The first-order valence-corrected chi connectivity index (χ1v) is 8.00. The molecule has 0 bridgehead atoms. The summed E-state index contributed by atoms with van der Waals surface area (Å²) in [6.07, 6.45) is 0.224. The molecule has 0 N–H and O–H groups in total. The zero-order valence-electron chi connectivity index (χ0n) is 14.3. The molecule has 0 saturated heterocycles. The number of halogens is 2. The van der Waals surface area contributed by atoms with Crippen molar-refractivity contribution in [3.05, 3.63) is 93.5 Å². The molecule has 3 aromatic rings. The van der Waals surface area contributed by atoms with E-state index in [1.807, 2.05) is 0 Å². The van der Waals surface area contributed by atoms with Crippen molar-refractivity contribution in [3.8, 4) is 17.2 Å². The molecule has 0 aliphatic heterocycles. The van der Waals surface area contributed by atoms with Gasteiger partial charge in [-0.1, -0.05) is 24.3 Å². The van der Waals surface area contributed by atoms with Gasteiger partial charge in [-0.2, -0.15) is 0 Å². The quantitative estimate of drug-likeness (QED) is 0.438. The van der Waals surface area contributed by atoms with Crippen LogP contribution >= 0.6 is 0 Å². The number of hydrogen-bond donors (Lipinski definition) is 0. The average molecular weight is 371 g/mol. The van der Waals surface area contributed by atoms with Crippen LogP contribution in [0.25, 0.3) is 0 Å². The molecule has 0 atom stereocenters. The van der Waals surface area contributed by atoms with E-state index in [1.54, 1.807) is 24.3 Å². The summed E-state index contributed by atoms with van der Waals surface area (Å²) in [6, 6.07) is 14.3. The molecule has 0 amide bonds. The van der Waals surface area contributed by atoms with Crippen molar-refractivity contribution in [1.29, 1.82) is 0 Å². The molecular weight excluding hydrogens is 356 g/mol. The van der Waals surface area contributed by atoms with Gasteiger partial charge in [0.05, 0.1) is 18.1 Å². The molecule has 138 valence electrons. The maximum absolute atomic E-state index is 15.0. The molecule has 0 aliphatic carbocycles. The normalized spacial score (nSPS) is 10.5. The average Bonchev–Trinajstić information content (AvgIpc) is 2.67. The molecule has 0 fully saturated rings. The topological polar surface area (TPSA) is 61.6 Å².